The summed E-state index contributed by atoms with van der Waals surface area (Å²) in [6.07, 6.45) is 9.49. The average molecular weight is 572 g/mol. The molecule has 0 bridgehead atoms. The molecule has 0 spiro atoms. The van der Waals surface area contributed by atoms with Gasteiger partial charge in [-0.15, -0.1) is 10.2 Å². The molecule has 10 heteroatoms. The first-order valence-corrected chi connectivity index (χ1v) is 15.2. The highest BCUT2D eigenvalue weighted by Crippen LogP contribution is 2.39. The summed E-state index contributed by atoms with van der Waals surface area (Å²) in [5, 5.41) is 29.1. The van der Waals surface area contributed by atoms with E-state index in [0.29, 0.717) is 18.3 Å². The van der Waals surface area contributed by atoms with Crippen LogP contribution in [0.2, 0.25) is 0 Å². The molecule has 6 rings (SSSR count). The van der Waals surface area contributed by atoms with E-state index >= 15 is 0 Å². The third kappa shape index (κ3) is 5.86. The Morgan fingerprint density at radius 1 is 1.02 bits per heavy atom. The number of nitrogens with zero attached hydrogens (tertiary/aromatic N) is 5. The van der Waals surface area contributed by atoms with Crippen LogP contribution in [0.25, 0.3) is 5.65 Å². The molecule has 1 fully saturated rings. The number of pyridine rings is 1. The van der Waals surface area contributed by atoms with Crippen LogP contribution in [-0.2, 0) is 12.0 Å². The van der Waals surface area contributed by atoms with E-state index in [-0.39, 0.29) is 30.2 Å². The Labute approximate surface area is 246 Å². The molecule has 0 radical (unpaired) electrons. The van der Waals surface area contributed by atoms with Crippen LogP contribution < -0.4 is 15.4 Å². The molecular formula is C32H41N7O3. The van der Waals surface area contributed by atoms with Crippen LogP contribution in [0.4, 0.5) is 10.6 Å². The zero-order valence-corrected chi connectivity index (χ0v) is 24.7. The largest absolute Gasteiger partial charge is 0.484 e. The van der Waals surface area contributed by atoms with E-state index in [4.69, 9.17) is 4.74 Å². The first kappa shape index (κ1) is 28.2. The van der Waals surface area contributed by atoms with Crippen molar-refractivity contribution in [1.29, 1.82) is 0 Å². The minimum atomic E-state index is -0.304. The van der Waals surface area contributed by atoms with Crippen LogP contribution in [0.15, 0.2) is 48.7 Å². The van der Waals surface area contributed by atoms with Crippen molar-refractivity contribution >= 4 is 17.5 Å². The monoisotopic (exact) mass is 571 g/mol. The van der Waals surface area contributed by atoms with Crippen LogP contribution in [0.3, 0.4) is 0 Å². The molecule has 2 aliphatic rings. The van der Waals surface area contributed by atoms with Gasteiger partial charge in [0.05, 0.1) is 31.1 Å². The Balaban J connectivity index is 1.17. The van der Waals surface area contributed by atoms with E-state index < -0.39 is 0 Å². The number of benzene rings is 1. The molecule has 0 saturated heterocycles. The Kier molecular flexibility index (Phi) is 7.90. The quantitative estimate of drug-likeness (QED) is 0.249. The van der Waals surface area contributed by atoms with Crippen molar-refractivity contribution in [2.24, 2.45) is 0 Å². The standard InChI is InChI=1S/C32H41N7O3/c1-32(2,3)27-19-29(39(37-27)17-18-40)34-31(41)33-25-14-15-26(24-12-8-7-11-23(24)25)42-22-13-16-28-35-36-30(38(28)20-22)21-9-5-4-6-10-21/h7-8,11-13,16,19-21,25-26,40H,4-6,9-10,14-15,17-18H2,1-3H3,(H2,33,34,41)/t25-,26+/m0/s1. The number of carbonyl (C=O) groups is 1. The predicted octanol–water partition coefficient (Wildman–Crippen LogP) is 6.04. The van der Waals surface area contributed by atoms with E-state index in [1.54, 1.807) is 4.68 Å². The van der Waals surface area contributed by atoms with Crippen LogP contribution in [0.1, 0.15) is 106 Å². The summed E-state index contributed by atoms with van der Waals surface area (Å²) in [7, 11) is 0. The number of hydrogen-bond acceptors (Lipinski definition) is 6. The minimum Gasteiger partial charge on any atom is -0.484 e. The number of nitrogens with one attached hydrogen (secondary N) is 2. The van der Waals surface area contributed by atoms with E-state index in [2.05, 4.69) is 63.2 Å². The molecule has 2 atom stereocenters. The summed E-state index contributed by atoms with van der Waals surface area (Å²) < 4.78 is 10.3. The van der Waals surface area contributed by atoms with Crippen LogP contribution in [0.5, 0.6) is 5.75 Å². The average Bonchev–Trinajstić information content (AvgIpc) is 3.59. The number of ether oxygens (including phenoxy) is 1. The fraction of sp³-hybridized carbons (Fsp3) is 0.500. The summed E-state index contributed by atoms with van der Waals surface area (Å²) in [5.41, 5.74) is 3.64. The van der Waals surface area contributed by atoms with Crippen molar-refractivity contribution in [3.05, 3.63) is 71.3 Å². The van der Waals surface area contributed by atoms with Gasteiger partial charge < -0.3 is 15.2 Å². The zero-order chi connectivity index (χ0) is 29.3. The number of amides is 2. The van der Waals surface area contributed by atoms with Gasteiger partial charge in [-0.3, -0.25) is 9.72 Å². The molecule has 3 aromatic heterocycles. The number of aliphatic hydroxyl groups excluding tert-OH is 1. The lowest BCUT2D eigenvalue weighted by atomic mass is 9.85. The smallest absolute Gasteiger partial charge is 0.320 e. The second-order valence-electron chi connectivity index (χ2n) is 12.6. The van der Waals surface area contributed by atoms with Crippen LogP contribution in [0, 0.1) is 0 Å². The van der Waals surface area contributed by atoms with Crippen molar-refractivity contribution < 1.29 is 14.6 Å². The normalized spacial score (nSPS) is 19.4. The van der Waals surface area contributed by atoms with Gasteiger partial charge in [0.1, 0.15) is 23.5 Å². The third-order valence-corrected chi connectivity index (χ3v) is 8.49. The molecule has 1 aromatic carbocycles. The highest BCUT2D eigenvalue weighted by Gasteiger charge is 2.30. The molecule has 3 heterocycles. The second kappa shape index (κ2) is 11.8. The van der Waals surface area contributed by atoms with Gasteiger partial charge in [0.2, 0.25) is 0 Å². The van der Waals surface area contributed by atoms with Crippen molar-refractivity contribution in [1.82, 2.24) is 29.7 Å². The Morgan fingerprint density at radius 2 is 1.81 bits per heavy atom. The molecule has 10 nitrogen and oxygen atoms in total. The van der Waals surface area contributed by atoms with Gasteiger partial charge in [0, 0.05) is 17.4 Å². The van der Waals surface area contributed by atoms with Gasteiger partial charge in [-0.2, -0.15) is 5.10 Å². The maximum atomic E-state index is 13.2. The molecule has 2 aliphatic carbocycles. The maximum Gasteiger partial charge on any atom is 0.320 e. The van der Waals surface area contributed by atoms with Gasteiger partial charge in [-0.25, -0.2) is 9.48 Å². The number of aliphatic hydroxyl groups is 1. The van der Waals surface area contributed by atoms with Gasteiger partial charge in [0.25, 0.3) is 0 Å². The second-order valence-corrected chi connectivity index (χ2v) is 12.6. The lowest BCUT2D eigenvalue weighted by Gasteiger charge is -2.32. The highest BCUT2D eigenvalue weighted by atomic mass is 16.5. The Bertz CT molecular complexity index is 1550. The molecule has 4 aromatic rings. The highest BCUT2D eigenvalue weighted by molar-refractivity contribution is 5.88. The molecule has 2 amide bonds. The number of fused-ring (bicyclic) bond motifs is 2. The Hall–Kier alpha value is -3.92. The van der Waals surface area contributed by atoms with Gasteiger partial charge in [-0.1, -0.05) is 64.3 Å². The summed E-state index contributed by atoms with van der Waals surface area (Å²) in [5.74, 6) is 2.83. The number of urea groups is 1. The first-order chi connectivity index (χ1) is 20.3. The SMILES string of the molecule is CC(C)(C)c1cc(NC(=O)N[C@H]2CC[C@@H](Oc3ccc4nnc(C5CCCCC5)n4c3)c3ccccc32)n(CCO)n1. The summed E-state index contributed by atoms with van der Waals surface area (Å²) in [6.45, 7) is 6.45. The predicted molar refractivity (Wildman–Crippen MR) is 161 cm³/mol. The molecule has 222 valence electrons. The number of aromatic nitrogens is 5. The molecular weight excluding hydrogens is 530 g/mol. The van der Waals surface area contributed by atoms with E-state index in [1.807, 2.05) is 36.5 Å². The van der Waals surface area contributed by atoms with Gasteiger partial charge in [0.15, 0.2) is 5.65 Å². The fourth-order valence-corrected chi connectivity index (χ4v) is 6.24. The molecule has 42 heavy (non-hydrogen) atoms. The Morgan fingerprint density at radius 3 is 2.57 bits per heavy atom. The minimum absolute atomic E-state index is 0.0643. The van der Waals surface area contributed by atoms with Crippen molar-refractivity contribution in [2.45, 2.75) is 95.7 Å². The van der Waals surface area contributed by atoms with Gasteiger partial charge in [-0.05, 0) is 48.9 Å². The molecule has 3 N–H and O–H groups in total. The lowest BCUT2D eigenvalue weighted by molar-refractivity contribution is 0.171. The molecule has 0 aliphatic heterocycles. The number of rotatable bonds is 7. The fourth-order valence-electron chi connectivity index (χ4n) is 6.24. The molecule has 0 unspecified atom stereocenters. The topological polar surface area (TPSA) is 119 Å². The van der Waals surface area contributed by atoms with E-state index in [0.717, 1.165) is 59.7 Å². The summed E-state index contributed by atoms with van der Waals surface area (Å²) in [4.78, 5) is 13.2. The van der Waals surface area contributed by atoms with E-state index in [1.165, 1.54) is 19.3 Å². The zero-order valence-electron chi connectivity index (χ0n) is 24.7. The molecule has 1 saturated carbocycles. The van der Waals surface area contributed by atoms with Crippen LogP contribution >= 0.6 is 0 Å². The van der Waals surface area contributed by atoms with Crippen molar-refractivity contribution in [3.63, 3.8) is 0 Å². The number of hydrogen-bond donors (Lipinski definition) is 3. The maximum absolute atomic E-state index is 13.2. The van der Waals surface area contributed by atoms with Crippen molar-refractivity contribution in [2.75, 3.05) is 11.9 Å². The number of carbonyl (C=O) groups excluding carboxylic acids is 1. The van der Waals surface area contributed by atoms with Crippen LogP contribution in [-0.4, -0.2) is 42.1 Å². The summed E-state index contributed by atoms with van der Waals surface area (Å²) >= 11 is 0. The summed E-state index contributed by atoms with van der Waals surface area (Å²) in [6, 6.07) is 13.5. The third-order valence-electron chi connectivity index (χ3n) is 8.49. The van der Waals surface area contributed by atoms with Crippen molar-refractivity contribution in [3.8, 4) is 5.75 Å². The lowest BCUT2D eigenvalue weighted by Crippen LogP contribution is -2.36. The first-order valence-electron chi connectivity index (χ1n) is 15.2. The van der Waals surface area contributed by atoms with Gasteiger partial charge >= 0.3 is 6.03 Å². The van der Waals surface area contributed by atoms with E-state index in [9.17, 15) is 9.90 Å². The number of anilines is 1.